The molecule has 0 aromatic carbocycles. The number of carboxylic acid groups (broad SMARTS) is 1. The minimum Gasteiger partial charge on any atom is -0.477 e. The van der Waals surface area contributed by atoms with Crippen molar-refractivity contribution >= 4 is 11.9 Å². The lowest BCUT2D eigenvalue weighted by atomic mass is 9.93. The molecule has 6 heteroatoms. The zero-order valence-corrected chi connectivity index (χ0v) is 11.1. The van der Waals surface area contributed by atoms with Gasteiger partial charge in [-0.1, -0.05) is 20.3 Å². The van der Waals surface area contributed by atoms with Crippen LogP contribution in [0.3, 0.4) is 0 Å². The van der Waals surface area contributed by atoms with Gasteiger partial charge in [-0.15, -0.1) is 0 Å². The molecule has 3 N–H and O–H groups in total. The van der Waals surface area contributed by atoms with Crippen LogP contribution in [0, 0.1) is 11.8 Å². The molecule has 104 valence electrons. The number of aromatic amines is 1. The lowest BCUT2D eigenvalue weighted by Crippen LogP contribution is -2.38. The first-order valence-electron chi connectivity index (χ1n) is 6.62. The summed E-state index contributed by atoms with van der Waals surface area (Å²) in [6.45, 7) is 4.29. The van der Waals surface area contributed by atoms with E-state index in [1.165, 1.54) is 6.33 Å². The predicted octanol–water partition coefficient (Wildman–Crippen LogP) is 1.66. The molecule has 19 heavy (non-hydrogen) atoms. The number of hydrogen-bond donors (Lipinski definition) is 3. The summed E-state index contributed by atoms with van der Waals surface area (Å²) in [6, 6.07) is 0.107. The van der Waals surface area contributed by atoms with Crippen molar-refractivity contribution in [2.75, 3.05) is 0 Å². The fraction of sp³-hybridized carbons (Fsp3) is 0.615. The Balaban J connectivity index is 2.06. The topological polar surface area (TPSA) is 95.1 Å². The monoisotopic (exact) mass is 265 g/mol. The molecule has 3 atom stereocenters. The van der Waals surface area contributed by atoms with Crippen LogP contribution in [0.5, 0.6) is 0 Å². The number of imidazole rings is 1. The molecule has 1 aromatic heterocycles. The number of carbonyl (C=O) groups is 2. The summed E-state index contributed by atoms with van der Waals surface area (Å²) in [6.07, 6.45) is 4.38. The molecule has 3 unspecified atom stereocenters. The summed E-state index contributed by atoms with van der Waals surface area (Å²) in [5, 5.41) is 11.9. The Morgan fingerprint density at radius 3 is 2.84 bits per heavy atom. The number of carbonyl (C=O) groups excluding carboxylic acids is 1. The number of H-pyrrole nitrogens is 1. The third-order valence-corrected chi connectivity index (χ3v) is 4.14. The van der Waals surface area contributed by atoms with E-state index in [0.717, 1.165) is 19.3 Å². The van der Waals surface area contributed by atoms with E-state index in [1.54, 1.807) is 0 Å². The SMILES string of the molecule is CCC1CCC(NC(=O)c2nc[nH]c2C(=O)O)C1C. The minimum absolute atomic E-state index is 0.0420. The lowest BCUT2D eigenvalue weighted by molar-refractivity contribution is 0.0684. The highest BCUT2D eigenvalue weighted by molar-refractivity contribution is 6.02. The van der Waals surface area contributed by atoms with E-state index >= 15 is 0 Å². The molecule has 1 heterocycles. The molecule has 0 bridgehead atoms. The number of aromatic nitrogens is 2. The first-order chi connectivity index (χ1) is 9.04. The molecule has 2 rings (SSSR count). The van der Waals surface area contributed by atoms with Crippen LogP contribution in [0.4, 0.5) is 0 Å². The predicted molar refractivity (Wildman–Crippen MR) is 69.0 cm³/mol. The Morgan fingerprint density at radius 1 is 1.53 bits per heavy atom. The van der Waals surface area contributed by atoms with Crippen molar-refractivity contribution in [3.8, 4) is 0 Å². The first-order valence-corrected chi connectivity index (χ1v) is 6.62. The second-order valence-electron chi connectivity index (χ2n) is 5.12. The van der Waals surface area contributed by atoms with E-state index in [9.17, 15) is 9.59 Å². The van der Waals surface area contributed by atoms with Crippen LogP contribution in [0.25, 0.3) is 0 Å². The van der Waals surface area contributed by atoms with Gasteiger partial charge in [0.05, 0.1) is 6.33 Å². The Labute approximate surface area is 111 Å². The Kier molecular flexibility index (Phi) is 3.87. The Bertz CT molecular complexity index is 483. The number of hydrogen-bond acceptors (Lipinski definition) is 3. The molecule has 1 saturated carbocycles. The smallest absolute Gasteiger partial charge is 0.354 e. The highest BCUT2D eigenvalue weighted by atomic mass is 16.4. The number of nitrogens with zero attached hydrogens (tertiary/aromatic N) is 1. The van der Waals surface area contributed by atoms with Crippen LogP contribution < -0.4 is 5.32 Å². The fourth-order valence-corrected chi connectivity index (χ4v) is 2.89. The van der Waals surface area contributed by atoms with Crippen molar-refractivity contribution in [3.05, 3.63) is 17.7 Å². The third-order valence-electron chi connectivity index (χ3n) is 4.14. The van der Waals surface area contributed by atoms with E-state index in [2.05, 4.69) is 29.1 Å². The average Bonchev–Trinajstić information content (AvgIpc) is 2.97. The minimum atomic E-state index is -1.17. The van der Waals surface area contributed by atoms with Gasteiger partial charge in [-0.25, -0.2) is 9.78 Å². The lowest BCUT2D eigenvalue weighted by Gasteiger charge is -2.20. The number of nitrogens with one attached hydrogen (secondary N) is 2. The molecule has 1 aromatic rings. The summed E-state index contributed by atoms with van der Waals surface area (Å²) in [5.74, 6) is -0.537. The van der Waals surface area contributed by atoms with Gasteiger partial charge in [-0.2, -0.15) is 0 Å². The zero-order valence-electron chi connectivity index (χ0n) is 11.1. The van der Waals surface area contributed by atoms with Crippen molar-refractivity contribution in [2.24, 2.45) is 11.8 Å². The Hall–Kier alpha value is -1.85. The molecule has 1 aliphatic rings. The maximum atomic E-state index is 12.1. The zero-order chi connectivity index (χ0) is 14.0. The highest BCUT2D eigenvalue weighted by Crippen LogP contribution is 2.33. The number of aromatic carboxylic acids is 1. The van der Waals surface area contributed by atoms with Crippen LogP contribution in [-0.4, -0.2) is 33.0 Å². The molecule has 0 aliphatic heterocycles. The van der Waals surface area contributed by atoms with Gasteiger partial charge in [-0.3, -0.25) is 4.79 Å². The quantitative estimate of drug-likeness (QED) is 0.771. The summed E-state index contributed by atoms with van der Waals surface area (Å²) >= 11 is 0. The van der Waals surface area contributed by atoms with Crippen molar-refractivity contribution in [2.45, 2.75) is 39.2 Å². The van der Waals surface area contributed by atoms with Gasteiger partial charge in [0, 0.05) is 6.04 Å². The normalized spacial score (nSPS) is 26.3. The van der Waals surface area contributed by atoms with Gasteiger partial charge >= 0.3 is 5.97 Å². The van der Waals surface area contributed by atoms with Crippen molar-refractivity contribution in [1.29, 1.82) is 0 Å². The standard InChI is InChI=1S/C13H19N3O3/c1-3-8-4-5-9(7(8)2)16-12(17)10-11(13(18)19)15-6-14-10/h6-9H,3-5H2,1-2H3,(H,14,15)(H,16,17)(H,18,19). The molecule has 1 amide bonds. The third kappa shape index (κ3) is 2.62. The highest BCUT2D eigenvalue weighted by Gasteiger charge is 2.33. The van der Waals surface area contributed by atoms with Crippen LogP contribution in [0.15, 0.2) is 6.33 Å². The second-order valence-corrected chi connectivity index (χ2v) is 5.12. The van der Waals surface area contributed by atoms with Crippen LogP contribution >= 0.6 is 0 Å². The van der Waals surface area contributed by atoms with E-state index in [4.69, 9.17) is 5.11 Å². The first kappa shape index (κ1) is 13.6. The van der Waals surface area contributed by atoms with Gasteiger partial charge in [0.25, 0.3) is 5.91 Å². The second kappa shape index (κ2) is 5.42. The van der Waals surface area contributed by atoms with Gasteiger partial charge in [0.15, 0.2) is 11.4 Å². The van der Waals surface area contributed by atoms with Crippen LogP contribution in [0.1, 0.15) is 54.1 Å². The van der Waals surface area contributed by atoms with Gasteiger partial charge in [0.1, 0.15) is 0 Å². The van der Waals surface area contributed by atoms with Crippen molar-refractivity contribution in [1.82, 2.24) is 15.3 Å². The molecule has 0 radical (unpaired) electrons. The molecule has 1 aliphatic carbocycles. The largest absolute Gasteiger partial charge is 0.477 e. The molecule has 0 spiro atoms. The van der Waals surface area contributed by atoms with E-state index in [-0.39, 0.29) is 17.4 Å². The molecule has 0 saturated heterocycles. The van der Waals surface area contributed by atoms with Crippen molar-refractivity contribution < 1.29 is 14.7 Å². The summed E-state index contributed by atoms with van der Waals surface area (Å²) < 4.78 is 0. The van der Waals surface area contributed by atoms with E-state index in [1.807, 2.05) is 0 Å². The van der Waals surface area contributed by atoms with Gasteiger partial charge in [-0.05, 0) is 24.7 Å². The maximum absolute atomic E-state index is 12.1. The summed E-state index contributed by atoms with van der Waals surface area (Å²) in [4.78, 5) is 29.3. The maximum Gasteiger partial charge on any atom is 0.354 e. The average molecular weight is 265 g/mol. The number of carboxylic acids is 1. The van der Waals surface area contributed by atoms with E-state index < -0.39 is 11.9 Å². The fourth-order valence-electron chi connectivity index (χ4n) is 2.89. The summed E-state index contributed by atoms with van der Waals surface area (Å²) in [7, 11) is 0. The number of rotatable bonds is 4. The van der Waals surface area contributed by atoms with E-state index in [0.29, 0.717) is 11.8 Å². The number of amides is 1. The van der Waals surface area contributed by atoms with Crippen LogP contribution in [0.2, 0.25) is 0 Å². The molecule has 6 nitrogen and oxygen atoms in total. The van der Waals surface area contributed by atoms with Crippen molar-refractivity contribution in [3.63, 3.8) is 0 Å². The summed E-state index contributed by atoms with van der Waals surface area (Å²) in [5.41, 5.74) is -0.199. The van der Waals surface area contributed by atoms with Gasteiger partial charge in [0.2, 0.25) is 0 Å². The molecular formula is C13H19N3O3. The van der Waals surface area contributed by atoms with Gasteiger partial charge < -0.3 is 15.4 Å². The molecular weight excluding hydrogens is 246 g/mol. The van der Waals surface area contributed by atoms with Crippen LogP contribution in [-0.2, 0) is 0 Å². The molecule has 1 fully saturated rings. The Morgan fingerprint density at radius 2 is 2.26 bits per heavy atom.